The Kier molecular flexibility index (Phi) is 5.46. The quantitative estimate of drug-likeness (QED) is 0.828. The van der Waals surface area contributed by atoms with Crippen molar-refractivity contribution >= 4 is 5.69 Å². The molecule has 1 saturated heterocycles. The lowest BCUT2D eigenvalue weighted by atomic mass is 9.91. The molecule has 2 aromatic rings. The van der Waals surface area contributed by atoms with Gasteiger partial charge in [0.15, 0.2) is 0 Å². The van der Waals surface area contributed by atoms with E-state index in [1.165, 1.54) is 16.8 Å². The Labute approximate surface area is 144 Å². The molecule has 128 valence electrons. The highest BCUT2D eigenvalue weighted by Gasteiger charge is 2.21. The van der Waals surface area contributed by atoms with E-state index < -0.39 is 0 Å². The molecule has 1 aromatic carbocycles. The van der Waals surface area contributed by atoms with Gasteiger partial charge >= 0.3 is 0 Å². The van der Waals surface area contributed by atoms with Crippen LogP contribution in [0.2, 0.25) is 0 Å². The fourth-order valence-corrected chi connectivity index (χ4v) is 3.30. The summed E-state index contributed by atoms with van der Waals surface area (Å²) in [5, 5.41) is 0. The molecule has 0 aliphatic carbocycles. The lowest BCUT2D eigenvalue weighted by Gasteiger charge is -2.33. The van der Waals surface area contributed by atoms with E-state index in [9.17, 15) is 0 Å². The summed E-state index contributed by atoms with van der Waals surface area (Å²) in [5.74, 6) is 1.91. The molecule has 0 saturated carbocycles. The van der Waals surface area contributed by atoms with E-state index in [4.69, 9.17) is 4.74 Å². The van der Waals surface area contributed by atoms with E-state index in [2.05, 4.69) is 53.0 Å². The Morgan fingerprint density at radius 3 is 2.25 bits per heavy atom. The summed E-state index contributed by atoms with van der Waals surface area (Å²) in [4.78, 5) is 11.5. The summed E-state index contributed by atoms with van der Waals surface area (Å²) in [6.45, 7) is 7.10. The molecule has 0 radical (unpaired) electrons. The van der Waals surface area contributed by atoms with Gasteiger partial charge in [-0.25, -0.2) is 9.97 Å². The number of benzene rings is 1. The Morgan fingerprint density at radius 1 is 1.08 bits per heavy atom. The highest BCUT2D eigenvalue weighted by atomic mass is 16.5. The first-order valence-corrected chi connectivity index (χ1v) is 8.82. The van der Waals surface area contributed by atoms with Crippen LogP contribution in [0.15, 0.2) is 36.7 Å². The maximum atomic E-state index is 5.17. The van der Waals surface area contributed by atoms with Crippen LogP contribution >= 0.6 is 0 Å². The van der Waals surface area contributed by atoms with Crippen LogP contribution in [0.3, 0.4) is 0 Å². The van der Waals surface area contributed by atoms with Crippen molar-refractivity contribution in [2.45, 2.75) is 45.1 Å². The molecule has 1 aromatic heterocycles. The Bertz CT molecular complexity index is 629. The summed E-state index contributed by atoms with van der Waals surface area (Å²) >= 11 is 0. The van der Waals surface area contributed by atoms with Gasteiger partial charge in [0.25, 0.3) is 0 Å². The number of rotatable bonds is 5. The van der Waals surface area contributed by atoms with Gasteiger partial charge in [0.1, 0.15) is 5.82 Å². The zero-order valence-electron chi connectivity index (χ0n) is 14.9. The zero-order chi connectivity index (χ0) is 16.9. The summed E-state index contributed by atoms with van der Waals surface area (Å²) in [6.07, 6.45) is 6.37. The number of anilines is 1. The van der Waals surface area contributed by atoms with Crippen LogP contribution in [0, 0.1) is 0 Å². The van der Waals surface area contributed by atoms with Gasteiger partial charge in [-0.2, -0.15) is 0 Å². The lowest BCUT2D eigenvalue weighted by molar-refractivity contribution is 0.185. The van der Waals surface area contributed by atoms with Crippen LogP contribution in [0.5, 0.6) is 0 Å². The molecule has 24 heavy (non-hydrogen) atoms. The maximum absolute atomic E-state index is 5.17. The fourth-order valence-electron chi connectivity index (χ4n) is 3.30. The van der Waals surface area contributed by atoms with Crippen molar-refractivity contribution in [3.63, 3.8) is 0 Å². The van der Waals surface area contributed by atoms with Crippen LogP contribution in [0.25, 0.3) is 0 Å². The van der Waals surface area contributed by atoms with Gasteiger partial charge in [0, 0.05) is 44.2 Å². The normalized spacial score (nSPS) is 15.9. The van der Waals surface area contributed by atoms with Crippen LogP contribution in [0.1, 0.15) is 55.5 Å². The average molecular weight is 325 g/mol. The van der Waals surface area contributed by atoms with Crippen molar-refractivity contribution in [2.75, 3.05) is 25.1 Å². The van der Waals surface area contributed by atoms with Crippen molar-refractivity contribution in [3.05, 3.63) is 53.6 Å². The predicted molar refractivity (Wildman–Crippen MR) is 97.5 cm³/mol. The van der Waals surface area contributed by atoms with Crippen molar-refractivity contribution in [1.82, 2.24) is 9.97 Å². The van der Waals surface area contributed by atoms with Gasteiger partial charge in [0.05, 0.1) is 6.61 Å². The monoisotopic (exact) mass is 325 g/mol. The second-order valence-corrected chi connectivity index (χ2v) is 6.89. The van der Waals surface area contributed by atoms with E-state index in [-0.39, 0.29) is 0 Å². The third kappa shape index (κ3) is 3.93. The molecule has 0 N–H and O–H groups in total. The minimum atomic E-state index is 0.391. The molecule has 1 aliphatic heterocycles. The SMILES string of the molecule is COCc1ccc(N2CCC(c3cnc(C(C)C)nc3)CC2)cc1. The first-order chi connectivity index (χ1) is 11.7. The second-order valence-electron chi connectivity index (χ2n) is 6.89. The van der Waals surface area contributed by atoms with E-state index in [0.29, 0.717) is 18.4 Å². The maximum Gasteiger partial charge on any atom is 0.130 e. The zero-order valence-corrected chi connectivity index (χ0v) is 14.9. The summed E-state index contributed by atoms with van der Waals surface area (Å²) in [7, 11) is 1.73. The van der Waals surface area contributed by atoms with Crippen molar-refractivity contribution in [3.8, 4) is 0 Å². The van der Waals surface area contributed by atoms with Crippen LogP contribution in [0.4, 0.5) is 5.69 Å². The van der Waals surface area contributed by atoms with Gasteiger partial charge in [-0.1, -0.05) is 26.0 Å². The number of ether oxygens (including phenoxy) is 1. The van der Waals surface area contributed by atoms with Gasteiger partial charge in [-0.05, 0) is 42.0 Å². The number of nitrogens with zero attached hydrogens (tertiary/aromatic N) is 3. The number of piperidine rings is 1. The third-order valence-electron chi connectivity index (χ3n) is 4.79. The molecule has 0 spiro atoms. The summed E-state index contributed by atoms with van der Waals surface area (Å²) in [5.41, 5.74) is 3.81. The Balaban J connectivity index is 1.58. The van der Waals surface area contributed by atoms with Gasteiger partial charge in [-0.3, -0.25) is 0 Å². The molecule has 1 aliphatic rings. The highest BCUT2D eigenvalue weighted by molar-refractivity contribution is 5.48. The van der Waals surface area contributed by atoms with Crippen LogP contribution in [-0.4, -0.2) is 30.2 Å². The molecule has 4 nitrogen and oxygen atoms in total. The molecule has 2 heterocycles. The van der Waals surface area contributed by atoms with E-state index in [0.717, 1.165) is 31.8 Å². The Morgan fingerprint density at radius 2 is 1.71 bits per heavy atom. The number of hydrogen-bond acceptors (Lipinski definition) is 4. The first kappa shape index (κ1) is 16.9. The lowest BCUT2D eigenvalue weighted by Crippen LogP contribution is -2.32. The van der Waals surface area contributed by atoms with Crippen LogP contribution in [-0.2, 0) is 11.3 Å². The third-order valence-corrected chi connectivity index (χ3v) is 4.79. The molecule has 0 unspecified atom stereocenters. The first-order valence-electron chi connectivity index (χ1n) is 8.82. The summed E-state index contributed by atoms with van der Waals surface area (Å²) in [6, 6.07) is 8.72. The smallest absolute Gasteiger partial charge is 0.130 e. The topological polar surface area (TPSA) is 38.2 Å². The second kappa shape index (κ2) is 7.75. The largest absolute Gasteiger partial charge is 0.380 e. The van der Waals surface area contributed by atoms with Gasteiger partial charge in [0.2, 0.25) is 0 Å². The van der Waals surface area contributed by atoms with E-state index in [1.807, 2.05) is 12.4 Å². The number of hydrogen-bond donors (Lipinski definition) is 0. The van der Waals surface area contributed by atoms with Gasteiger partial charge < -0.3 is 9.64 Å². The minimum Gasteiger partial charge on any atom is -0.380 e. The molecule has 4 heteroatoms. The average Bonchev–Trinajstić information content (AvgIpc) is 2.63. The number of aromatic nitrogens is 2. The minimum absolute atomic E-state index is 0.391. The standard InChI is InChI=1S/C20H27N3O/c1-15(2)20-21-12-18(13-22-20)17-8-10-23(11-9-17)19-6-4-16(5-7-19)14-24-3/h4-7,12-13,15,17H,8-11,14H2,1-3H3. The summed E-state index contributed by atoms with van der Waals surface area (Å²) < 4.78 is 5.17. The van der Waals surface area contributed by atoms with E-state index in [1.54, 1.807) is 7.11 Å². The Hall–Kier alpha value is -1.94. The molecule has 1 fully saturated rings. The molecule has 0 amide bonds. The molecular weight excluding hydrogens is 298 g/mol. The molecule has 0 atom stereocenters. The molecule has 3 rings (SSSR count). The number of methoxy groups -OCH3 is 1. The highest BCUT2D eigenvalue weighted by Crippen LogP contribution is 2.30. The predicted octanol–water partition coefficient (Wildman–Crippen LogP) is 4.13. The van der Waals surface area contributed by atoms with Crippen molar-refractivity contribution in [2.24, 2.45) is 0 Å². The van der Waals surface area contributed by atoms with Crippen molar-refractivity contribution < 1.29 is 4.74 Å². The van der Waals surface area contributed by atoms with E-state index >= 15 is 0 Å². The fraction of sp³-hybridized carbons (Fsp3) is 0.500. The van der Waals surface area contributed by atoms with Gasteiger partial charge in [-0.15, -0.1) is 0 Å². The molecular formula is C20H27N3O. The van der Waals surface area contributed by atoms with Crippen molar-refractivity contribution in [1.29, 1.82) is 0 Å². The molecule has 0 bridgehead atoms. The van der Waals surface area contributed by atoms with Crippen LogP contribution < -0.4 is 4.90 Å².